The molecule has 0 aliphatic heterocycles. The van der Waals surface area contributed by atoms with Crippen LogP contribution in [0.4, 0.5) is 0 Å². The van der Waals surface area contributed by atoms with Gasteiger partial charge in [-0.05, 0) is 6.92 Å². The molecule has 1 heterocycles. The van der Waals surface area contributed by atoms with Crippen molar-refractivity contribution >= 4 is 12.0 Å². The highest BCUT2D eigenvalue weighted by Gasteiger charge is 2.11. The van der Waals surface area contributed by atoms with E-state index < -0.39 is 0 Å². The van der Waals surface area contributed by atoms with Crippen LogP contribution in [0.25, 0.3) is 5.76 Å². The van der Waals surface area contributed by atoms with Crippen LogP contribution in [-0.4, -0.2) is 22.7 Å². The van der Waals surface area contributed by atoms with Crippen LogP contribution in [0, 0.1) is 0 Å². The van der Waals surface area contributed by atoms with E-state index in [2.05, 4.69) is 11.7 Å². The van der Waals surface area contributed by atoms with Crippen molar-refractivity contribution in [2.75, 3.05) is 6.61 Å². The minimum absolute atomic E-state index is 0.476. The molecule has 1 aromatic heterocycles. The van der Waals surface area contributed by atoms with Crippen molar-refractivity contribution < 1.29 is 9.53 Å². The van der Waals surface area contributed by atoms with Crippen molar-refractivity contribution in [3.05, 3.63) is 24.0 Å². The van der Waals surface area contributed by atoms with E-state index in [9.17, 15) is 4.79 Å². The van der Waals surface area contributed by atoms with Gasteiger partial charge in [0.2, 0.25) is 0 Å². The Labute approximate surface area is 76.8 Å². The second kappa shape index (κ2) is 3.89. The zero-order chi connectivity index (χ0) is 9.84. The molecule has 0 saturated heterocycles. The van der Waals surface area contributed by atoms with E-state index in [-0.39, 0.29) is 0 Å². The molecular formula is C9H12N2O2. The number of nitrogens with zero attached hydrogens (tertiary/aromatic N) is 2. The van der Waals surface area contributed by atoms with Gasteiger partial charge in [-0.15, -0.1) is 0 Å². The summed E-state index contributed by atoms with van der Waals surface area (Å²) in [5.41, 5.74) is 1.14. The fourth-order valence-electron chi connectivity index (χ4n) is 1.12. The van der Waals surface area contributed by atoms with Crippen molar-refractivity contribution in [1.82, 2.24) is 9.78 Å². The van der Waals surface area contributed by atoms with Crippen molar-refractivity contribution in [1.29, 1.82) is 0 Å². The van der Waals surface area contributed by atoms with Gasteiger partial charge in [-0.2, -0.15) is 5.10 Å². The molecule has 4 heteroatoms. The quantitative estimate of drug-likeness (QED) is 0.517. The van der Waals surface area contributed by atoms with Crippen LogP contribution in [0.5, 0.6) is 0 Å². The number of carbonyl (C=O) groups excluding carboxylic acids is 1. The molecule has 0 bridgehead atoms. The van der Waals surface area contributed by atoms with Crippen molar-refractivity contribution in [2.24, 2.45) is 7.05 Å². The Morgan fingerprint density at radius 2 is 2.54 bits per heavy atom. The summed E-state index contributed by atoms with van der Waals surface area (Å²) < 4.78 is 6.77. The van der Waals surface area contributed by atoms with Gasteiger partial charge in [-0.1, -0.05) is 6.58 Å². The van der Waals surface area contributed by atoms with Crippen molar-refractivity contribution in [2.45, 2.75) is 6.92 Å². The first-order chi connectivity index (χ1) is 6.20. The smallest absolute Gasteiger partial charge is 0.153 e. The minimum Gasteiger partial charge on any atom is -0.492 e. The number of rotatable bonds is 4. The van der Waals surface area contributed by atoms with E-state index in [0.29, 0.717) is 23.6 Å². The van der Waals surface area contributed by atoms with Crippen molar-refractivity contribution in [3.63, 3.8) is 0 Å². The van der Waals surface area contributed by atoms with E-state index in [1.54, 1.807) is 11.7 Å². The first-order valence-electron chi connectivity index (χ1n) is 4.00. The number of aryl methyl sites for hydroxylation is 1. The minimum atomic E-state index is 0.476. The normalized spacial score (nSPS) is 9.69. The van der Waals surface area contributed by atoms with Crippen molar-refractivity contribution in [3.8, 4) is 0 Å². The van der Waals surface area contributed by atoms with Crippen LogP contribution in [0.1, 0.15) is 23.0 Å². The average molecular weight is 180 g/mol. The molecule has 1 aromatic rings. The Bertz CT molecular complexity index is 328. The second-order valence-corrected chi connectivity index (χ2v) is 2.55. The van der Waals surface area contributed by atoms with Gasteiger partial charge in [-0.3, -0.25) is 9.48 Å². The highest BCUT2D eigenvalue weighted by molar-refractivity contribution is 5.81. The molecule has 0 unspecified atom stereocenters. The van der Waals surface area contributed by atoms with Crippen LogP contribution in [0.3, 0.4) is 0 Å². The molecule has 0 fully saturated rings. The number of carbonyl (C=O) groups is 1. The highest BCUT2D eigenvalue weighted by Crippen LogP contribution is 2.16. The molecule has 0 radical (unpaired) electrons. The van der Waals surface area contributed by atoms with E-state index >= 15 is 0 Å². The fraction of sp³-hybridized carbons (Fsp3) is 0.333. The Hall–Kier alpha value is -1.58. The van der Waals surface area contributed by atoms with Crippen LogP contribution in [0.15, 0.2) is 12.8 Å². The molecule has 0 aromatic carbocycles. The molecule has 0 amide bonds. The molecule has 70 valence electrons. The molecule has 0 spiro atoms. The van der Waals surface area contributed by atoms with Crippen LogP contribution < -0.4 is 0 Å². The van der Waals surface area contributed by atoms with Gasteiger partial charge in [0.1, 0.15) is 11.5 Å². The van der Waals surface area contributed by atoms with Gasteiger partial charge in [-0.25, -0.2) is 0 Å². The lowest BCUT2D eigenvalue weighted by Crippen LogP contribution is -2.01. The highest BCUT2D eigenvalue weighted by atomic mass is 16.5. The fourth-order valence-corrected chi connectivity index (χ4v) is 1.12. The molecule has 0 saturated carbocycles. The summed E-state index contributed by atoms with van der Waals surface area (Å²) in [7, 11) is 1.74. The third-order valence-electron chi connectivity index (χ3n) is 1.68. The summed E-state index contributed by atoms with van der Waals surface area (Å²) in [6.07, 6.45) is 2.24. The largest absolute Gasteiger partial charge is 0.492 e. The van der Waals surface area contributed by atoms with E-state index in [4.69, 9.17) is 4.74 Å². The Morgan fingerprint density at radius 1 is 1.85 bits per heavy atom. The number of aldehydes is 1. The summed E-state index contributed by atoms with van der Waals surface area (Å²) in [6, 6.07) is 0. The molecular weight excluding hydrogens is 168 g/mol. The van der Waals surface area contributed by atoms with Gasteiger partial charge >= 0.3 is 0 Å². The maximum absolute atomic E-state index is 10.6. The summed E-state index contributed by atoms with van der Waals surface area (Å²) in [5, 5.41) is 3.94. The lowest BCUT2D eigenvalue weighted by atomic mass is 10.2. The summed E-state index contributed by atoms with van der Waals surface area (Å²) >= 11 is 0. The molecule has 0 aliphatic rings. The predicted molar refractivity (Wildman–Crippen MR) is 49.3 cm³/mol. The second-order valence-electron chi connectivity index (χ2n) is 2.55. The Kier molecular flexibility index (Phi) is 2.84. The lowest BCUT2D eigenvalue weighted by Gasteiger charge is -2.07. The zero-order valence-corrected chi connectivity index (χ0v) is 7.78. The number of aromatic nitrogens is 2. The summed E-state index contributed by atoms with van der Waals surface area (Å²) in [6.45, 7) is 6.11. The molecule has 0 atom stereocenters. The van der Waals surface area contributed by atoms with Crippen LogP contribution in [0.2, 0.25) is 0 Å². The molecule has 1 rings (SSSR count). The van der Waals surface area contributed by atoms with Gasteiger partial charge < -0.3 is 4.74 Å². The third-order valence-corrected chi connectivity index (χ3v) is 1.68. The van der Waals surface area contributed by atoms with E-state index in [0.717, 1.165) is 6.29 Å². The number of hydrogen-bond donors (Lipinski definition) is 0. The monoisotopic (exact) mass is 180 g/mol. The molecule has 13 heavy (non-hydrogen) atoms. The van der Waals surface area contributed by atoms with Gasteiger partial charge in [0.15, 0.2) is 6.29 Å². The van der Waals surface area contributed by atoms with Crippen LogP contribution in [-0.2, 0) is 11.8 Å². The predicted octanol–water partition coefficient (Wildman–Crippen LogP) is 1.24. The maximum Gasteiger partial charge on any atom is 0.153 e. The van der Waals surface area contributed by atoms with Gasteiger partial charge in [0.05, 0.1) is 18.4 Å². The summed E-state index contributed by atoms with van der Waals surface area (Å²) in [5.74, 6) is 0.476. The lowest BCUT2D eigenvalue weighted by molar-refractivity contribution is 0.112. The zero-order valence-electron chi connectivity index (χ0n) is 7.78. The number of ether oxygens (including phenoxy) is 1. The maximum atomic E-state index is 10.6. The van der Waals surface area contributed by atoms with Crippen LogP contribution >= 0.6 is 0 Å². The van der Waals surface area contributed by atoms with E-state index in [1.165, 1.54) is 6.20 Å². The molecule has 4 nitrogen and oxygen atoms in total. The van der Waals surface area contributed by atoms with Gasteiger partial charge in [0.25, 0.3) is 0 Å². The molecule has 0 N–H and O–H groups in total. The van der Waals surface area contributed by atoms with E-state index in [1.807, 2.05) is 6.92 Å². The SMILES string of the molecule is C=C(OCC)c1c(C=O)cnn1C. The number of hydrogen-bond acceptors (Lipinski definition) is 3. The average Bonchev–Trinajstić information content (AvgIpc) is 2.47. The molecule has 0 aliphatic carbocycles. The standard InChI is InChI=1S/C9H12N2O2/c1-4-13-7(2)9-8(6-12)5-10-11(9)3/h5-6H,2,4H2,1,3H3. The Morgan fingerprint density at radius 3 is 3.08 bits per heavy atom. The first-order valence-corrected chi connectivity index (χ1v) is 4.00. The Balaban J connectivity index is 3.03. The summed E-state index contributed by atoms with van der Waals surface area (Å²) in [4.78, 5) is 10.6. The third kappa shape index (κ3) is 1.77. The topological polar surface area (TPSA) is 44.1 Å². The van der Waals surface area contributed by atoms with Gasteiger partial charge in [0, 0.05) is 7.05 Å². The first kappa shape index (κ1) is 9.51.